The Balaban J connectivity index is 1.22. The Kier molecular flexibility index (Phi) is 9.92. The topological polar surface area (TPSA) is 251 Å². The predicted octanol–water partition coefficient (Wildman–Crippen LogP) is 11.4. The van der Waals surface area contributed by atoms with Crippen LogP contribution in [0.25, 0.3) is 72.0 Å². The first kappa shape index (κ1) is 42.1. The quantitative estimate of drug-likeness (QED) is 0.0501. The highest BCUT2D eigenvalue weighted by molar-refractivity contribution is 6.09. The number of anilines is 3. The number of benzene rings is 9. The Bertz CT molecular complexity index is 3530. The molecule has 14 nitrogen and oxygen atoms in total. The van der Waals surface area contributed by atoms with Gasteiger partial charge in [0.15, 0.2) is 69.0 Å². The van der Waals surface area contributed by atoms with Gasteiger partial charge in [-0.2, -0.15) is 0 Å². The van der Waals surface area contributed by atoms with Crippen LogP contribution in [0.1, 0.15) is 0 Å². The van der Waals surface area contributed by atoms with Crippen molar-refractivity contribution in [3.05, 3.63) is 158 Å². The van der Waals surface area contributed by atoms with Crippen LogP contribution in [0.15, 0.2) is 158 Å². The van der Waals surface area contributed by atoms with Crippen molar-refractivity contribution in [2.24, 2.45) is 0 Å². The molecule has 68 heavy (non-hydrogen) atoms. The van der Waals surface area contributed by atoms with Crippen molar-refractivity contribution < 1.29 is 61.3 Å². The van der Waals surface area contributed by atoms with Crippen LogP contribution in [0.2, 0.25) is 0 Å². The Hall–Kier alpha value is -9.82. The van der Waals surface area contributed by atoms with E-state index >= 15 is 0 Å². The van der Waals surface area contributed by atoms with Gasteiger partial charge in [0.05, 0.1) is 27.7 Å². The zero-order valence-corrected chi connectivity index (χ0v) is 35.3. The second-order valence-corrected chi connectivity index (χ2v) is 15.9. The van der Waals surface area contributed by atoms with E-state index in [1.54, 1.807) is 66.7 Å². The average Bonchev–Trinajstić information content (AvgIpc) is 3.70. The maximum absolute atomic E-state index is 12.1. The van der Waals surface area contributed by atoms with Gasteiger partial charge >= 0.3 is 0 Å². The van der Waals surface area contributed by atoms with E-state index in [1.807, 2.05) is 59.2 Å². The molecule has 336 valence electrons. The van der Waals surface area contributed by atoms with Gasteiger partial charge in [-0.3, -0.25) is 4.90 Å². The van der Waals surface area contributed by atoms with Gasteiger partial charge in [0.2, 0.25) is 0 Å². The summed E-state index contributed by atoms with van der Waals surface area (Å²) in [5, 5.41) is 144. The number of hydrogen-bond donors (Lipinski definition) is 12. The molecule has 0 bridgehead atoms. The van der Waals surface area contributed by atoms with Crippen LogP contribution in [0, 0.1) is 0 Å². The third-order valence-electron chi connectivity index (χ3n) is 12.1. The number of aromatic nitrogens is 1. The van der Waals surface area contributed by atoms with E-state index in [2.05, 4.69) is 0 Å². The van der Waals surface area contributed by atoms with Crippen molar-refractivity contribution in [2.75, 3.05) is 4.90 Å². The van der Waals surface area contributed by atoms with Gasteiger partial charge in [-0.05, 0) is 58.1 Å². The van der Waals surface area contributed by atoms with Crippen LogP contribution in [0.4, 0.5) is 17.1 Å². The van der Waals surface area contributed by atoms with Gasteiger partial charge < -0.3 is 65.8 Å². The Morgan fingerprint density at radius 2 is 0.588 bits per heavy atom. The number of fused-ring (bicyclic) bond motifs is 3. The number of phenolic OH excluding ortho intramolecular Hbond substituents is 12. The molecule has 1 aromatic heterocycles. The molecule has 0 atom stereocenters. The number of aromatic hydroxyl groups is 12. The van der Waals surface area contributed by atoms with Crippen molar-refractivity contribution in [3.63, 3.8) is 0 Å². The normalized spacial score (nSPS) is 11.4. The van der Waals surface area contributed by atoms with Gasteiger partial charge in [-0.25, -0.2) is 0 Å². The monoisotopic (exact) mass is 906 g/mol. The molecule has 0 radical (unpaired) electrons. The SMILES string of the molecule is Oc1c(O)c(N(c2c(O)c(O)c(-c3cccc(-c4ccccc4)c3)c(O)c2O)c2c(O)c(O)c(-c3cccc(-n4c5ccccc5c5ccccc54)c3)c(O)c2O)c(O)c(O)c1-c1ccccc1. The molecule has 0 aliphatic carbocycles. The van der Waals surface area contributed by atoms with E-state index < -0.39 is 103 Å². The maximum Gasteiger partial charge on any atom is 0.186 e. The molecular formula is C54H38N2O12. The van der Waals surface area contributed by atoms with E-state index in [1.165, 1.54) is 36.4 Å². The minimum absolute atomic E-state index is 0.0549. The number of phenols is 12. The fourth-order valence-electron chi connectivity index (χ4n) is 8.94. The highest BCUT2D eigenvalue weighted by Gasteiger charge is 2.40. The summed E-state index contributed by atoms with van der Waals surface area (Å²) in [6.45, 7) is 0. The molecule has 0 unspecified atom stereocenters. The molecule has 0 saturated carbocycles. The molecule has 9 aromatic carbocycles. The third-order valence-corrected chi connectivity index (χ3v) is 12.1. The lowest BCUT2D eigenvalue weighted by atomic mass is 9.95. The van der Waals surface area contributed by atoms with Crippen LogP contribution < -0.4 is 4.90 Å². The van der Waals surface area contributed by atoms with Crippen LogP contribution in [-0.2, 0) is 0 Å². The first-order valence-electron chi connectivity index (χ1n) is 20.9. The molecule has 14 heteroatoms. The largest absolute Gasteiger partial charge is 0.504 e. The van der Waals surface area contributed by atoms with E-state index in [9.17, 15) is 61.3 Å². The van der Waals surface area contributed by atoms with Crippen molar-refractivity contribution in [3.8, 4) is 119 Å². The Morgan fingerprint density at radius 1 is 0.265 bits per heavy atom. The Morgan fingerprint density at radius 3 is 1.03 bits per heavy atom. The van der Waals surface area contributed by atoms with Crippen LogP contribution in [0.5, 0.6) is 69.0 Å². The molecule has 1 heterocycles. The average molecular weight is 907 g/mol. The number of para-hydroxylation sites is 2. The fourth-order valence-corrected chi connectivity index (χ4v) is 8.94. The molecule has 0 spiro atoms. The summed E-state index contributed by atoms with van der Waals surface area (Å²) in [6.07, 6.45) is 0. The highest BCUT2D eigenvalue weighted by Crippen LogP contribution is 2.67. The lowest BCUT2D eigenvalue weighted by Crippen LogP contribution is -2.13. The zero-order chi connectivity index (χ0) is 47.7. The molecular weight excluding hydrogens is 869 g/mol. The van der Waals surface area contributed by atoms with Gasteiger partial charge in [-0.15, -0.1) is 0 Å². The molecule has 10 aromatic rings. The van der Waals surface area contributed by atoms with Crippen molar-refractivity contribution in [1.29, 1.82) is 0 Å². The molecule has 0 fully saturated rings. The minimum atomic E-state index is -1.33. The maximum atomic E-state index is 12.1. The lowest BCUT2D eigenvalue weighted by Gasteiger charge is -2.31. The molecule has 0 saturated heterocycles. The summed E-state index contributed by atoms with van der Waals surface area (Å²) in [5.74, 6) is -14.7. The minimum Gasteiger partial charge on any atom is -0.504 e. The molecule has 10 rings (SSSR count). The summed E-state index contributed by atoms with van der Waals surface area (Å²) in [7, 11) is 0. The first-order valence-corrected chi connectivity index (χ1v) is 20.9. The molecule has 0 aliphatic rings. The predicted molar refractivity (Wildman–Crippen MR) is 257 cm³/mol. The second-order valence-electron chi connectivity index (χ2n) is 15.9. The van der Waals surface area contributed by atoms with Crippen molar-refractivity contribution >= 4 is 38.9 Å². The van der Waals surface area contributed by atoms with Crippen LogP contribution in [0.3, 0.4) is 0 Å². The standard InChI is InChI=1S/C54H38N2O12/c57-43-37(28-15-5-2-6-16-28)44(58)50(64)40(49(43)63)56(41-51(65)45(59)38(46(60)52(41)66)30-18-11-17-29(25-30)27-13-3-1-4-14-27)42-53(67)47(61)39(48(62)54(42)68)31-19-12-20-32(26-31)55-35-23-9-7-21-33(35)34-22-8-10-24-36(34)55/h1-26,57-68H. The van der Waals surface area contributed by atoms with Crippen molar-refractivity contribution in [1.82, 2.24) is 4.57 Å². The van der Waals surface area contributed by atoms with Gasteiger partial charge in [-0.1, -0.05) is 127 Å². The smallest absolute Gasteiger partial charge is 0.186 e. The van der Waals surface area contributed by atoms with Gasteiger partial charge in [0, 0.05) is 16.5 Å². The van der Waals surface area contributed by atoms with Crippen molar-refractivity contribution in [2.45, 2.75) is 0 Å². The summed E-state index contributed by atoms with van der Waals surface area (Å²) >= 11 is 0. The van der Waals surface area contributed by atoms with E-state index in [0.717, 1.165) is 27.4 Å². The van der Waals surface area contributed by atoms with Crippen LogP contribution in [-0.4, -0.2) is 65.8 Å². The lowest BCUT2D eigenvalue weighted by molar-refractivity contribution is 0.367. The summed E-state index contributed by atoms with van der Waals surface area (Å²) < 4.78 is 1.94. The number of nitrogens with zero attached hydrogens (tertiary/aromatic N) is 2. The summed E-state index contributed by atoms with van der Waals surface area (Å²) in [6, 6.07) is 44.6. The van der Waals surface area contributed by atoms with Gasteiger partial charge in [0.25, 0.3) is 0 Å². The number of rotatable bonds is 8. The van der Waals surface area contributed by atoms with E-state index in [-0.39, 0.29) is 21.6 Å². The zero-order valence-electron chi connectivity index (χ0n) is 35.3. The fraction of sp³-hybridized carbons (Fsp3) is 0. The second kappa shape index (κ2) is 16.0. The van der Waals surface area contributed by atoms with Gasteiger partial charge in [0.1, 0.15) is 17.1 Å². The third kappa shape index (κ3) is 6.35. The Labute approximate surface area is 385 Å². The molecule has 0 aliphatic heterocycles. The molecule has 0 amide bonds. The molecule has 12 N–H and O–H groups in total. The van der Waals surface area contributed by atoms with E-state index in [4.69, 9.17) is 0 Å². The summed E-state index contributed by atoms with van der Waals surface area (Å²) in [4.78, 5) is 0.232. The number of hydrogen-bond acceptors (Lipinski definition) is 13. The summed E-state index contributed by atoms with van der Waals surface area (Å²) in [5.41, 5.74) is -1.42. The van der Waals surface area contributed by atoms with Crippen LogP contribution >= 0.6 is 0 Å². The first-order chi connectivity index (χ1) is 32.8. The highest BCUT2D eigenvalue weighted by atomic mass is 16.3. The van der Waals surface area contributed by atoms with E-state index in [0.29, 0.717) is 11.3 Å².